The van der Waals surface area contributed by atoms with Gasteiger partial charge in [-0.25, -0.2) is 0 Å². The summed E-state index contributed by atoms with van der Waals surface area (Å²) in [6, 6.07) is 5.34. The Kier molecular flexibility index (Phi) is 5.09. The van der Waals surface area contributed by atoms with Crippen LogP contribution >= 0.6 is 31.9 Å². The third-order valence-electron chi connectivity index (χ3n) is 2.43. The molecule has 0 aliphatic heterocycles. The zero-order valence-electron chi connectivity index (χ0n) is 10.3. The van der Waals surface area contributed by atoms with Gasteiger partial charge in [0.15, 0.2) is 5.82 Å². The van der Waals surface area contributed by atoms with Crippen LogP contribution in [0.4, 0.5) is 0 Å². The minimum absolute atomic E-state index is 0.370. The minimum Gasteiger partial charge on any atom is -0.380 e. The van der Waals surface area contributed by atoms with Gasteiger partial charge in [0, 0.05) is 15.6 Å². The third-order valence-corrected chi connectivity index (χ3v) is 3.62. The second-order valence-corrected chi connectivity index (χ2v) is 5.62. The molecule has 0 aliphatic rings. The molecular formula is C12H13Br2N3O2. The summed E-state index contributed by atoms with van der Waals surface area (Å²) < 4.78 is 12.3. The number of benzene rings is 1. The molecule has 0 saturated carbocycles. The molecule has 2 aromatic rings. The molecule has 1 atom stereocenters. The van der Waals surface area contributed by atoms with Gasteiger partial charge in [0.25, 0.3) is 5.89 Å². The van der Waals surface area contributed by atoms with Crippen LogP contribution in [0.25, 0.3) is 11.5 Å². The van der Waals surface area contributed by atoms with Gasteiger partial charge in [-0.2, -0.15) is 4.98 Å². The maximum Gasteiger partial charge on any atom is 0.259 e. The van der Waals surface area contributed by atoms with E-state index >= 15 is 0 Å². The van der Waals surface area contributed by atoms with Crippen molar-refractivity contribution in [3.63, 3.8) is 0 Å². The second kappa shape index (κ2) is 6.60. The van der Waals surface area contributed by atoms with Crippen LogP contribution in [0, 0.1) is 0 Å². The van der Waals surface area contributed by atoms with Crippen LogP contribution in [0.2, 0.25) is 0 Å². The van der Waals surface area contributed by atoms with E-state index in [-0.39, 0.29) is 6.04 Å². The van der Waals surface area contributed by atoms with E-state index in [1.54, 1.807) is 0 Å². The van der Waals surface area contributed by atoms with Gasteiger partial charge >= 0.3 is 0 Å². The number of hydrogen-bond acceptors (Lipinski definition) is 5. The van der Waals surface area contributed by atoms with Crippen molar-refractivity contribution in [3.05, 3.63) is 33.0 Å². The molecule has 2 rings (SSSR count). The van der Waals surface area contributed by atoms with Crippen LogP contribution in [0.5, 0.6) is 0 Å². The lowest BCUT2D eigenvalue weighted by Gasteiger charge is -2.05. The smallest absolute Gasteiger partial charge is 0.259 e. The van der Waals surface area contributed by atoms with Crippen LogP contribution in [0.1, 0.15) is 18.8 Å². The molecule has 0 spiro atoms. The summed E-state index contributed by atoms with van der Waals surface area (Å²) in [4.78, 5) is 4.30. The fraction of sp³-hybridized carbons (Fsp3) is 0.333. The molecule has 0 amide bonds. The van der Waals surface area contributed by atoms with Crippen molar-refractivity contribution in [2.24, 2.45) is 5.73 Å². The normalized spacial score (nSPS) is 12.6. The van der Waals surface area contributed by atoms with Crippen LogP contribution in [-0.4, -0.2) is 23.4 Å². The van der Waals surface area contributed by atoms with Crippen LogP contribution in [0.3, 0.4) is 0 Å². The largest absolute Gasteiger partial charge is 0.380 e. The third kappa shape index (κ3) is 3.62. The van der Waals surface area contributed by atoms with E-state index in [1.807, 2.05) is 25.1 Å². The van der Waals surface area contributed by atoms with E-state index in [2.05, 4.69) is 42.0 Å². The van der Waals surface area contributed by atoms with Gasteiger partial charge in [-0.05, 0) is 41.1 Å². The molecule has 1 unspecified atom stereocenters. The number of halogens is 2. The Bertz CT molecular complexity index is 560. The number of nitrogens with two attached hydrogens (primary N) is 1. The Labute approximate surface area is 127 Å². The summed E-state index contributed by atoms with van der Waals surface area (Å²) in [6.07, 6.45) is 0. The number of ether oxygens (including phenoxy) is 1. The first-order chi connectivity index (χ1) is 9.11. The number of hydrogen-bond donors (Lipinski definition) is 1. The zero-order chi connectivity index (χ0) is 13.8. The fourth-order valence-corrected chi connectivity index (χ4v) is 2.25. The molecule has 1 aromatic carbocycles. The van der Waals surface area contributed by atoms with E-state index in [0.29, 0.717) is 24.9 Å². The lowest BCUT2D eigenvalue weighted by Crippen LogP contribution is -2.18. The quantitative estimate of drug-likeness (QED) is 0.847. The zero-order valence-corrected chi connectivity index (χ0v) is 13.4. The van der Waals surface area contributed by atoms with Gasteiger partial charge in [-0.3, -0.25) is 0 Å². The maximum absolute atomic E-state index is 5.91. The number of nitrogens with zero attached hydrogens (tertiary/aromatic N) is 2. The molecule has 0 saturated heterocycles. The highest BCUT2D eigenvalue weighted by molar-refractivity contribution is 9.11. The second-order valence-electron chi connectivity index (χ2n) is 3.85. The van der Waals surface area contributed by atoms with Crippen LogP contribution in [0.15, 0.2) is 31.7 Å². The molecule has 0 radical (unpaired) electrons. The van der Waals surface area contributed by atoms with Crippen molar-refractivity contribution in [2.75, 3.05) is 13.2 Å². The van der Waals surface area contributed by atoms with E-state index in [0.717, 1.165) is 14.5 Å². The Morgan fingerprint density at radius 3 is 2.95 bits per heavy atom. The van der Waals surface area contributed by atoms with E-state index < -0.39 is 0 Å². The molecule has 102 valence electrons. The Morgan fingerprint density at radius 1 is 1.42 bits per heavy atom. The summed E-state index contributed by atoms with van der Waals surface area (Å²) in [5.41, 5.74) is 6.73. The Hall–Kier alpha value is -0.760. The summed E-state index contributed by atoms with van der Waals surface area (Å²) >= 11 is 6.86. The summed E-state index contributed by atoms with van der Waals surface area (Å²) in [6.45, 7) is 2.89. The number of rotatable bonds is 5. The maximum atomic E-state index is 5.91. The van der Waals surface area contributed by atoms with Crippen molar-refractivity contribution < 1.29 is 9.26 Å². The highest BCUT2D eigenvalue weighted by Gasteiger charge is 2.17. The molecule has 5 nitrogen and oxygen atoms in total. The summed E-state index contributed by atoms with van der Waals surface area (Å²) in [7, 11) is 0. The average molecular weight is 391 g/mol. The lowest BCUT2D eigenvalue weighted by molar-refractivity contribution is 0.130. The molecule has 1 heterocycles. The van der Waals surface area contributed by atoms with Crippen molar-refractivity contribution >= 4 is 31.9 Å². The monoisotopic (exact) mass is 389 g/mol. The van der Waals surface area contributed by atoms with Gasteiger partial charge in [-0.15, -0.1) is 0 Å². The molecule has 2 N–H and O–H groups in total. The predicted octanol–water partition coefficient (Wildman–Crippen LogP) is 3.30. The molecule has 1 aromatic heterocycles. The van der Waals surface area contributed by atoms with Crippen LogP contribution in [-0.2, 0) is 4.74 Å². The van der Waals surface area contributed by atoms with Crippen molar-refractivity contribution in [1.82, 2.24) is 10.1 Å². The summed E-state index contributed by atoms with van der Waals surface area (Å²) in [5.74, 6) is 0.866. The van der Waals surface area contributed by atoms with Gasteiger partial charge in [-0.1, -0.05) is 21.1 Å². The lowest BCUT2D eigenvalue weighted by atomic mass is 10.2. The SMILES string of the molecule is CCOCC(N)c1noc(-c2cc(Br)ccc2Br)n1. The standard InChI is InChI=1S/C12H13Br2N3O2/c1-2-18-6-10(15)11-16-12(19-17-11)8-5-7(13)3-4-9(8)14/h3-5,10H,2,6,15H2,1H3. The molecule has 7 heteroatoms. The van der Waals surface area contributed by atoms with Gasteiger partial charge in [0.05, 0.1) is 18.2 Å². The van der Waals surface area contributed by atoms with Crippen molar-refractivity contribution in [1.29, 1.82) is 0 Å². The fourth-order valence-electron chi connectivity index (χ4n) is 1.48. The number of aromatic nitrogens is 2. The first-order valence-electron chi connectivity index (χ1n) is 5.74. The predicted molar refractivity (Wildman–Crippen MR) is 78.6 cm³/mol. The Morgan fingerprint density at radius 2 is 2.21 bits per heavy atom. The van der Waals surface area contributed by atoms with Gasteiger partial charge < -0.3 is 15.0 Å². The molecule has 19 heavy (non-hydrogen) atoms. The Balaban J connectivity index is 2.23. The van der Waals surface area contributed by atoms with Gasteiger partial charge in [0.2, 0.25) is 0 Å². The first kappa shape index (κ1) is 14.6. The molecule has 0 fully saturated rings. The van der Waals surface area contributed by atoms with Crippen molar-refractivity contribution in [3.8, 4) is 11.5 Å². The molecule has 0 aliphatic carbocycles. The topological polar surface area (TPSA) is 74.2 Å². The summed E-state index contributed by atoms with van der Waals surface area (Å²) in [5, 5.41) is 3.89. The van der Waals surface area contributed by atoms with E-state index in [1.165, 1.54) is 0 Å². The molecular weight excluding hydrogens is 378 g/mol. The highest BCUT2D eigenvalue weighted by atomic mass is 79.9. The van der Waals surface area contributed by atoms with E-state index in [9.17, 15) is 0 Å². The minimum atomic E-state index is -0.386. The van der Waals surface area contributed by atoms with E-state index in [4.69, 9.17) is 15.0 Å². The van der Waals surface area contributed by atoms with Crippen molar-refractivity contribution in [2.45, 2.75) is 13.0 Å². The highest BCUT2D eigenvalue weighted by Crippen LogP contribution is 2.30. The van der Waals surface area contributed by atoms with Gasteiger partial charge in [0.1, 0.15) is 0 Å². The average Bonchev–Trinajstić information content (AvgIpc) is 2.88. The van der Waals surface area contributed by atoms with Crippen LogP contribution < -0.4 is 5.73 Å². The first-order valence-corrected chi connectivity index (χ1v) is 7.32. The molecule has 0 bridgehead atoms.